The monoisotopic (exact) mass is 1000 g/mol. The number of hydrogen-bond acceptors (Lipinski definition) is 14. The van der Waals surface area contributed by atoms with Crippen LogP contribution in [-0.4, -0.2) is 77.6 Å². The van der Waals surface area contributed by atoms with Crippen molar-refractivity contribution >= 4 is 35.5 Å². The van der Waals surface area contributed by atoms with Gasteiger partial charge in [0.05, 0.1) is 12.1 Å². The number of nitrogens with one attached hydrogen (secondary N) is 4. The van der Waals surface area contributed by atoms with Gasteiger partial charge in [0.25, 0.3) is 11.1 Å². The van der Waals surface area contributed by atoms with Crippen molar-refractivity contribution in [1.82, 2.24) is 39.7 Å². The number of fused-ring (bicyclic) bond motifs is 1. The molecule has 0 radical (unpaired) electrons. The quantitative estimate of drug-likeness (QED) is 0.0659. The Morgan fingerprint density at radius 3 is 1.41 bits per heavy atom. The van der Waals surface area contributed by atoms with E-state index in [2.05, 4.69) is 53.3 Å². The minimum atomic E-state index is -0.620. The van der Waals surface area contributed by atoms with Gasteiger partial charge in [0, 0.05) is 76.2 Å². The number of carbonyl (C=O) groups is 2. The summed E-state index contributed by atoms with van der Waals surface area (Å²) in [5.74, 6) is 0.747. The molecule has 0 unspecified atom stereocenters. The van der Waals surface area contributed by atoms with Gasteiger partial charge in [-0.15, -0.1) is 0 Å². The lowest BCUT2D eigenvalue weighted by Gasteiger charge is -2.25. The zero-order valence-electron chi connectivity index (χ0n) is 43.3. The number of aromatic nitrogens is 6. The molecule has 0 aliphatic carbocycles. The predicted molar refractivity (Wildman–Crippen MR) is 290 cm³/mol. The zero-order chi connectivity index (χ0) is 53.0. The number of ether oxygens (including phenoxy) is 2. The zero-order valence-corrected chi connectivity index (χ0v) is 43.3. The Morgan fingerprint density at radius 2 is 0.973 bits per heavy atom. The van der Waals surface area contributed by atoms with Crippen LogP contribution in [0.1, 0.15) is 63.8 Å². The van der Waals surface area contributed by atoms with E-state index in [0.717, 1.165) is 16.7 Å². The SMILES string of the molecule is Cn1c(NC[C@H](Cc2ccccc2)NC(=O)OC(C)(C)C)nc(-c2ccncc2)c(N)c1=O.Cn1c(NC[C@H](Cc2ccccc2)NC(=O)OC(C)(C)C)nc(-c2ccncc2)c(N2Cc3ccccc3C2)c1=O. The van der Waals surface area contributed by atoms with E-state index in [0.29, 0.717) is 73.6 Å². The van der Waals surface area contributed by atoms with Crippen molar-refractivity contribution in [3.05, 3.63) is 177 Å². The highest BCUT2D eigenvalue weighted by atomic mass is 16.6. The summed E-state index contributed by atoms with van der Waals surface area (Å²) in [6, 6.07) is 34.5. The van der Waals surface area contributed by atoms with Gasteiger partial charge in [-0.2, -0.15) is 0 Å². The van der Waals surface area contributed by atoms with Gasteiger partial charge >= 0.3 is 12.2 Å². The molecule has 4 aromatic heterocycles. The molecule has 18 nitrogen and oxygen atoms in total. The number of nitrogens with two attached hydrogens (primary N) is 1. The minimum absolute atomic E-state index is 0.0574. The van der Waals surface area contributed by atoms with Gasteiger partial charge in [0.15, 0.2) is 0 Å². The Bertz CT molecular complexity index is 3100. The Labute approximate surface area is 431 Å². The van der Waals surface area contributed by atoms with Gasteiger partial charge in [-0.3, -0.25) is 28.7 Å². The smallest absolute Gasteiger partial charge is 0.407 e. The molecule has 1 aliphatic rings. The second kappa shape index (κ2) is 23.8. The first-order valence-electron chi connectivity index (χ1n) is 24.5. The van der Waals surface area contributed by atoms with Gasteiger partial charge in [-0.25, -0.2) is 19.6 Å². The van der Waals surface area contributed by atoms with E-state index in [-0.39, 0.29) is 28.9 Å². The molecule has 2 atom stereocenters. The number of benzene rings is 3. The molecule has 74 heavy (non-hydrogen) atoms. The second-order valence-corrected chi connectivity index (χ2v) is 20.0. The average molecular weight is 1000 g/mol. The van der Waals surface area contributed by atoms with E-state index < -0.39 is 23.4 Å². The van der Waals surface area contributed by atoms with Gasteiger partial charge in [0.2, 0.25) is 11.9 Å². The molecule has 1 aliphatic heterocycles. The first-order chi connectivity index (χ1) is 35.3. The number of carbonyl (C=O) groups excluding carboxylic acids is 2. The molecule has 2 amide bonds. The Morgan fingerprint density at radius 1 is 0.581 bits per heavy atom. The van der Waals surface area contributed by atoms with Crippen molar-refractivity contribution < 1.29 is 19.1 Å². The molecular formula is C56H66N12O6. The molecule has 5 heterocycles. The van der Waals surface area contributed by atoms with Crippen LogP contribution in [0.4, 0.5) is 32.9 Å². The maximum atomic E-state index is 13.9. The number of alkyl carbamates (subject to hydrolysis) is 2. The molecule has 0 bridgehead atoms. The van der Waals surface area contributed by atoms with Crippen molar-refractivity contribution in [1.29, 1.82) is 0 Å². The number of nitrogens with zero attached hydrogens (tertiary/aromatic N) is 7. The standard InChI is InChI=1S/C32H36N6O3.C24H30N6O3/c1-32(2,3)41-31(40)35-26(18-22-10-6-5-7-11-22)19-34-30-36-27(23-14-16-33-17-15-23)28(29(39)37(30)4)38-20-24-12-8-9-13-25(24)21-38;1-24(2,3)33-23(32)28-18(14-16-8-6-5-7-9-16)15-27-22-29-20(17-10-12-26-13-11-17)19(25)21(31)30(22)4/h5-17,26H,18-21H2,1-4H3,(H,34,36)(H,35,40);5-13,18H,14-15,25H2,1-4H3,(H,27,29)(H,28,32)/t26-;18-/m00/s1. The molecule has 0 saturated carbocycles. The summed E-state index contributed by atoms with van der Waals surface area (Å²) in [7, 11) is 3.31. The van der Waals surface area contributed by atoms with Crippen molar-refractivity contribution in [2.75, 3.05) is 34.4 Å². The Balaban J connectivity index is 0.000000222. The van der Waals surface area contributed by atoms with E-state index in [1.54, 1.807) is 51.0 Å². The molecule has 386 valence electrons. The lowest BCUT2D eigenvalue weighted by Crippen LogP contribution is -2.44. The molecular weight excluding hydrogens is 937 g/mol. The maximum Gasteiger partial charge on any atom is 0.407 e. The number of amides is 2. The van der Waals surface area contributed by atoms with E-state index >= 15 is 0 Å². The van der Waals surface area contributed by atoms with Crippen LogP contribution in [0.3, 0.4) is 0 Å². The fraction of sp³-hybridized carbons (Fsp3) is 0.321. The highest BCUT2D eigenvalue weighted by Gasteiger charge is 2.28. The van der Waals surface area contributed by atoms with Crippen LogP contribution in [0.5, 0.6) is 0 Å². The van der Waals surface area contributed by atoms with Gasteiger partial charge < -0.3 is 41.4 Å². The van der Waals surface area contributed by atoms with Gasteiger partial charge in [-0.05, 0) is 101 Å². The first kappa shape index (κ1) is 53.3. The number of anilines is 4. The third-order valence-electron chi connectivity index (χ3n) is 11.8. The lowest BCUT2D eigenvalue weighted by atomic mass is 10.1. The molecule has 8 rings (SSSR count). The summed E-state index contributed by atoms with van der Waals surface area (Å²) < 4.78 is 13.8. The highest BCUT2D eigenvalue weighted by Crippen LogP contribution is 2.33. The second-order valence-electron chi connectivity index (χ2n) is 20.0. The largest absolute Gasteiger partial charge is 0.444 e. The topological polar surface area (TPSA) is 226 Å². The van der Waals surface area contributed by atoms with Crippen LogP contribution in [0.15, 0.2) is 144 Å². The molecule has 0 spiro atoms. The first-order valence-corrected chi connectivity index (χ1v) is 24.5. The Hall–Kier alpha value is -8.54. The van der Waals surface area contributed by atoms with E-state index in [1.165, 1.54) is 20.3 Å². The summed E-state index contributed by atoms with van der Waals surface area (Å²) in [6.07, 6.45) is 6.75. The molecule has 0 fully saturated rings. The minimum Gasteiger partial charge on any atom is -0.444 e. The van der Waals surface area contributed by atoms with E-state index in [4.69, 9.17) is 20.2 Å². The van der Waals surface area contributed by atoms with Crippen LogP contribution < -0.4 is 43.0 Å². The van der Waals surface area contributed by atoms with Crippen molar-refractivity contribution in [2.24, 2.45) is 14.1 Å². The third-order valence-corrected chi connectivity index (χ3v) is 11.8. The fourth-order valence-electron chi connectivity index (χ4n) is 8.27. The average Bonchev–Trinajstić information content (AvgIpc) is 3.80. The summed E-state index contributed by atoms with van der Waals surface area (Å²) in [5.41, 5.74) is 11.9. The third kappa shape index (κ3) is 14.5. The Kier molecular flexibility index (Phi) is 17.1. The summed E-state index contributed by atoms with van der Waals surface area (Å²) in [4.78, 5) is 71.5. The van der Waals surface area contributed by atoms with Gasteiger partial charge in [-0.1, -0.05) is 84.9 Å². The van der Waals surface area contributed by atoms with Crippen molar-refractivity contribution in [2.45, 2.75) is 90.8 Å². The van der Waals surface area contributed by atoms with Crippen LogP contribution in [-0.2, 0) is 49.5 Å². The molecule has 6 N–H and O–H groups in total. The van der Waals surface area contributed by atoms with Crippen LogP contribution in [0, 0.1) is 0 Å². The highest BCUT2D eigenvalue weighted by molar-refractivity contribution is 5.76. The summed E-state index contributed by atoms with van der Waals surface area (Å²) >= 11 is 0. The molecule has 3 aromatic carbocycles. The van der Waals surface area contributed by atoms with Crippen molar-refractivity contribution in [3.8, 4) is 22.5 Å². The number of hydrogen-bond donors (Lipinski definition) is 5. The number of pyridine rings is 2. The predicted octanol–water partition coefficient (Wildman–Crippen LogP) is 7.88. The van der Waals surface area contributed by atoms with E-state index in [9.17, 15) is 19.2 Å². The van der Waals surface area contributed by atoms with Crippen LogP contribution in [0.25, 0.3) is 22.5 Å². The molecule has 18 heteroatoms. The van der Waals surface area contributed by atoms with Crippen molar-refractivity contribution in [3.63, 3.8) is 0 Å². The molecule has 0 saturated heterocycles. The maximum absolute atomic E-state index is 13.9. The van der Waals surface area contributed by atoms with Crippen LogP contribution in [0.2, 0.25) is 0 Å². The molecule has 7 aromatic rings. The fourth-order valence-corrected chi connectivity index (χ4v) is 8.27. The number of rotatable bonds is 15. The number of nitrogen functional groups attached to an aromatic ring is 1. The normalized spacial score (nSPS) is 12.8. The summed E-state index contributed by atoms with van der Waals surface area (Å²) in [5, 5.41) is 12.4. The van der Waals surface area contributed by atoms with Crippen LogP contribution >= 0.6 is 0 Å². The van der Waals surface area contributed by atoms with Gasteiger partial charge in [0.1, 0.15) is 34.0 Å². The lowest BCUT2D eigenvalue weighted by molar-refractivity contribution is 0.0495. The summed E-state index contributed by atoms with van der Waals surface area (Å²) in [6.45, 7) is 12.8. The van der Waals surface area contributed by atoms with E-state index in [1.807, 2.05) is 126 Å².